The van der Waals surface area contributed by atoms with Gasteiger partial charge in [0.05, 0.1) is 0 Å². The Morgan fingerprint density at radius 2 is 1.72 bits per heavy atom. The molecule has 94 valence electrons. The lowest BCUT2D eigenvalue weighted by Crippen LogP contribution is -2.18. The molecule has 0 saturated carbocycles. The average molecular weight is 282 g/mol. The van der Waals surface area contributed by atoms with Gasteiger partial charge in [0.2, 0.25) is 0 Å². The number of benzene rings is 2. The van der Waals surface area contributed by atoms with Crippen LogP contribution in [0.1, 0.15) is 11.7 Å². The normalized spacial score (nSPS) is 12.2. The summed E-state index contributed by atoms with van der Waals surface area (Å²) in [6.45, 7) is 0.383. The molecule has 0 saturated heterocycles. The maximum atomic E-state index is 5.91. The van der Waals surface area contributed by atoms with E-state index >= 15 is 0 Å². The van der Waals surface area contributed by atoms with Gasteiger partial charge in [-0.1, -0.05) is 41.4 Å². The van der Waals surface area contributed by atoms with Crippen LogP contribution in [0.4, 0.5) is 0 Å². The van der Waals surface area contributed by atoms with Crippen LogP contribution in [0.2, 0.25) is 10.0 Å². The van der Waals surface area contributed by atoms with Crippen molar-refractivity contribution in [2.75, 3.05) is 6.54 Å². The molecule has 0 aliphatic rings. The van der Waals surface area contributed by atoms with E-state index in [9.17, 15) is 0 Å². The largest absolute Gasteiger partial charge is 0.484 e. The summed E-state index contributed by atoms with van der Waals surface area (Å²) >= 11 is 11.8. The van der Waals surface area contributed by atoms with Crippen molar-refractivity contribution in [2.45, 2.75) is 6.10 Å². The van der Waals surface area contributed by atoms with E-state index in [0.717, 1.165) is 5.56 Å². The minimum atomic E-state index is -0.208. The van der Waals surface area contributed by atoms with Gasteiger partial charge in [-0.25, -0.2) is 0 Å². The van der Waals surface area contributed by atoms with Gasteiger partial charge >= 0.3 is 0 Å². The van der Waals surface area contributed by atoms with Gasteiger partial charge in [-0.05, 0) is 35.9 Å². The highest BCUT2D eigenvalue weighted by Crippen LogP contribution is 2.24. The van der Waals surface area contributed by atoms with Crippen LogP contribution in [-0.2, 0) is 0 Å². The number of halogens is 2. The Labute approximate surface area is 116 Å². The van der Waals surface area contributed by atoms with E-state index in [1.54, 1.807) is 12.1 Å². The van der Waals surface area contributed by atoms with Crippen LogP contribution >= 0.6 is 23.2 Å². The molecule has 0 heterocycles. The smallest absolute Gasteiger partial charge is 0.136 e. The molecule has 0 aromatic heterocycles. The first-order valence-electron chi connectivity index (χ1n) is 5.57. The molecule has 0 bridgehead atoms. The molecule has 0 spiro atoms. The zero-order chi connectivity index (χ0) is 13.0. The Kier molecular flexibility index (Phi) is 4.48. The number of nitrogens with two attached hydrogens (primary N) is 1. The molecule has 1 unspecified atom stereocenters. The van der Waals surface area contributed by atoms with Crippen molar-refractivity contribution in [2.24, 2.45) is 5.73 Å². The molecule has 0 aliphatic carbocycles. The van der Waals surface area contributed by atoms with E-state index in [0.29, 0.717) is 22.3 Å². The molecule has 0 radical (unpaired) electrons. The van der Waals surface area contributed by atoms with Crippen LogP contribution < -0.4 is 10.5 Å². The van der Waals surface area contributed by atoms with Gasteiger partial charge in [-0.3, -0.25) is 0 Å². The quantitative estimate of drug-likeness (QED) is 0.917. The molecule has 2 aromatic carbocycles. The molecule has 0 amide bonds. The van der Waals surface area contributed by atoms with Crippen LogP contribution in [0.25, 0.3) is 0 Å². The number of rotatable bonds is 4. The molecule has 2 N–H and O–H groups in total. The monoisotopic (exact) mass is 281 g/mol. The third kappa shape index (κ3) is 3.39. The third-order valence-corrected chi connectivity index (χ3v) is 3.02. The summed E-state index contributed by atoms with van der Waals surface area (Å²) in [5.74, 6) is 0.702. The predicted molar refractivity (Wildman–Crippen MR) is 75.3 cm³/mol. The van der Waals surface area contributed by atoms with Gasteiger partial charge in [0, 0.05) is 16.6 Å². The van der Waals surface area contributed by atoms with Crippen LogP contribution in [0.5, 0.6) is 5.75 Å². The van der Waals surface area contributed by atoms with Crippen LogP contribution in [0.15, 0.2) is 48.5 Å². The second-order valence-corrected chi connectivity index (χ2v) is 4.72. The van der Waals surface area contributed by atoms with E-state index in [2.05, 4.69) is 0 Å². The minimum absolute atomic E-state index is 0.208. The number of hydrogen-bond donors (Lipinski definition) is 1. The fourth-order valence-corrected chi connectivity index (χ4v) is 1.94. The number of ether oxygens (including phenoxy) is 1. The summed E-state index contributed by atoms with van der Waals surface area (Å²) < 4.78 is 5.82. The maximum Gasteiger partial charge on any atom is 0.136 e. The first-order chi connectivity index (χ1) is 8.69. The highest BCUT2D eigenvalue weighted by atomic mass is 35.5. The topological polar surface area (TPSA) is 35.2 Å². The molecule has 4 heteroatoms. The van der Waals surface area contributed by atoms with Gasteiger partial charge in [0.15, 0.2) is 0 Å². The zero-order valence-corrected chi connectivity index (χ0v) is 11.2. The van der Waals surface area contributed by atoms with Crippen molar-refractivity contribution in [3.63, 3.8) is 0 Å². The first-order valence-corrected chi connectivity index (χ1v) is 6.32. The van der Waals surface area contributed by atoms with Crippen molar-refractivity contribution >= 4 is 23.2 Å². The van der Waals surface area contributed by atoms with Gasteiger partial charge in [0.25, 0.3) is 0 Å². The number of hydrogen-bond acceptors (Lipinski definition) is 2. The second-order valence-electron chi connectivity index (χ2n) is 3.85. The van der Waals surface area contributed by atoms with Crippen LogP contribution in [-0.4, -0.2) is 6.54 Å². The first kappa shape index (κ1) is 13.2. The summed E-state index contributed by atoms with van der Waals surface area (Å²) in [5.41, 5.74) is 6.73. The summed E-state index contributed by atoms with van der Waals surface area (Å²) in [4.78, 5) is 0. The molecular weight excluding hydrogens is 269 g/mol. The van der Waals surface area contributed by atoms with Crippen molar-refractivity contribution in [1.82, 2.24) is 0 Å². The minimum Gasteiger partial charge on any atom is -0.484 e. The van der Waals surface area contributed by atoms with Gasteiger partial charge in [-0.15, -0.1) is 0 Å². The van der Waals surface area contributed by atoms with Crippen molar-refractivity contribution < 1.29 is 4.74 Å². The van der Waals surface area contributed by atoms with Crippen molar-refractivity contribution in [3.8, 4) is 5.75 Å². The predicted octanol–water partition coefficient (Wildman–Crippen LogP) is 4.07. The molecule has 0 aliphatic heterocycles. The molecule has 1 atom stereocenters. The van der Waals surface area contributed by atoms with E-state index < -0.39 is 0 Å². The lowest BCUT2D eigenvalue weighted by atomic mass is 10.1. The Hall–Kier alpha value is -1.22. The fourth-order valence-electron chi connectivity index (χ4n) is 1.63. The van der Waals surface area contributed by atoms with Crippen LogP contribution in [0, 0.1) is 0 Å². The fraction of sp³-hybridized carbons (Fsp3) is 0.143. The van der Waals surface area contributed by atoms with Crippen molar-refractivity contribution in [1.29, 1.82) is 0 Å². The Morgan fingerprint density at radius 3 is 2.33 bits per heavy atom. The second kappa shape index (κ2) is 6.10. The van der Waals surface area contributed by atoms with Gasteiger partial charge < -0.3 is 10.5 Å². The average Bonchev–Trinajstić information content (AvgIpc) is 2.37. The van der Waals surface area contributed by atoms with E-state index in [1.807, 2.05) is 36.4 Å². The molecule has 2 nitrogen and oxygen atoms in total. The molecule has 0 fully saturated rings. The lowest BCUT2D eigenvalue weighted by molar-refractivity contribution is 0.214. The van der Waals surface area contributed by atoms with Crippen LogP contribution in [0.3, 0.4) is 0 Å². The van der Waals surface area contributed by atoms with Gasteiger partial charge in [-0.2, -0.15) is 0 Å². The lowest BCUT2D eigenvalue weighted by Gasteiger charge is -2.18. The van der Waals surface area contributed by atoms with Crippen molar-refractivity contribution in [3.05, 3.63) is 64.1 Å². The SMILES string of the molecule is NCC(Oc1cccc(Cl)c1)c1ccc(Cl)cc1. The molecular formula is C14H13Cl2NO. The van der Waals surface area contributed by atoms with Gasteiger partial charge in [0.1, 0.15) is 11.9 Å². The summed E-state index contributed by atoms with van der Waals surface area (Å²) in [5, 5.41) is 1.33. The standard InChI is InChI=1S/C14H13Cl2NO/c15-11-6-4-10(5-7-11)14(9-17)18-13-3-1-2-12(16)8-13/h1-8,14H,9,17H2. The van der Waals surface area contributed by atoms with E-state index in [4.69, 9.17) is 33.7 Å². The zero-order valence-electron chi connectivity index (χ0n) is 9.64. The maximum absolute atomic E-state index is 5.91. The molecule has 2 rings (SSSR count). The highest BCUT2D eigenvalue weighted by Gasteiger charge is 2.11. The van der Waals surface area contributed by atoms with E-state index in [1.165, 1.54) is 0 Å². The highest BCUT2D eigenvalue weighted by molar-refractivity contribution is 6.30. The Balaban J connectivity index is 2.17. The third-order valence-electron chi connectivity index (χ3n) is 2.53. The summed E-state index contributed by atoms with van der Waals surface area (Å²) in [6.07, 6.45) is -0.208. The Bertz CT molecular complexity index is 513. The molecule has 18 heavy (non-hydrogen) atoms. The molecule has 2 aromatic rings. The summed E-state index contributed by atoms with van der Waals surface area (Å²) in [6, 6.07) is 14.7. The summed E-state index contributed by atoms with van der Waals surface area (Å²) in [7, 11) is 0. The Morgan fingerprint density at radius 1 is 1.00 bits per heavy atom. The van der Waals surface area contributed by atoms with E-state index in [-0.39, 0.29) is 6.10 Å².